The van der Waals surface area contributed by atoms with Crippen LogP contribution in [0.25, 0.3) is 0 Å². The van der Waals surface area contributed by atoms with Gasteiger partial charge in [-0.1, -0.05) is 23.2 Å². The standard InChI is InChI=1S/C12H11Cl2FN4O3/c1-19-3-6(2-17-19)4-21-7(20)5-22-12-9(14)10(16)8(13)11(15)18-12/h2-3H,4-5H2,1H3,(H2,16,18). The van der Waals surface area contributed by atoms with Gasteiger partial charge in [-0.3, -0.25) is 4.68 Å². The van der Waals surface area contributed by atoms with E-state index < -0.39 is 23.5 Å². The van der Waals surface area contributed by atoms with E-state index in [1.807, 2.05) is 0 Å². The van der Waals surface area contributed by atoms with E-state index in [1.165, 1.54) is 0 Å². The van der Waals surface area contributed by atoms with E-state index in [0.29, 0.717) is 5.56 Å². The van der Waals surface area contributed by atoms with Crippen LogP contribution in [0.15, 0.2) is 12.4 Å². The highest BCUT2D eigenvalue weighted by Crippen LogP contribution is 2.35. The van der Waals surface area contributed by atoms with Crippen LogP contribution >= 0.6 is 23.2 Å². The molecule has 0 radical (unpaired) electrons. The summed E-state index contributed by atoms with van der Waals surface area (Å²) in [4.78, 5) is 14.9. The highest BCUT2D eigenvalue weighted by atomic mass is 35.5. The number of carbonyl (C=O) groups excluding carboxylic acids is 1. The number of nitrogen functional groups attached to an aromatic ring is 1. The zero-order valence-electron chi connectivity index (χ0n) is 11.3. The van der Waals surface area contributed by atoms with E-state index in [0.717, 1.165) is 0 Å². The third-order valence-electron chi connectivity index (χ3n) is 2.53. The van der Waals surface area contributed by atoms with Gasteiger partial charge in [-0.25, -0.2) is 4.79 Å². The van der Waals surface area contributed by atoms with Crippen molar-refractivity contribution < 1.29 is 18.7 Å². The van der Waals surface area contributed by atoms with Crippen molar-refractivity contribution in [2.75, 3.05) is 12.3 Å². The minimum absolute atomic E-state index is 0.0360. The number of hydrogen-bond donors (Lipinski definition) is 1. The van der Waals surface area contributed by atoms with Gasteiger partial charge >= 0.3 is 5.97 Å². The summed E-state index contributed by atoms with van der Waals surface area (Å²) in [7, 11) is 1.74. The Labute approximate surface area is 134 Å². The summed E-state index contributed by atoms with van der Waals surface area (Å²) in [5.41, 5.74) is 5.98. The van der Waals surface area contributed by atoms with Gasteiger partial charge in [0.25, 0.3) is 0 Å². The number of carbonyl (C=O) groups is 1. The Hall–Kier alpha value is -2.06. The molecular weight excluding hydrogens is 338 g/mol. The Kier molecular flexibility index (Phi) is 5.04. The Balaban J connectivity index is 1.91. The molecule has 0 bridgehead atoms. The van der Waals surface area contributed by atoms with Crippen LogP contribution in [0, 0.1) is 5.95 Å². The third kappa shape index (κ3) is 3.77. The van der Waals surface area contributed by atoms with Gasteiger partial charge in [0, 0.05) is 18.8 Å². The number of anilines is 1. The van der Waals surface area contributed by atoms with Gasteiger partial charge in [0.1, 0.15) is 16.7 Å². The number of aryl methyl sites for hydroxylation is 1. The summed E-state index contributed by atoms with van der Waals surface area (Å²) in [6.45, 7) is -0.470. The van der Waals surface area contributed by atoms with E-state index in [-0.39, 0.29) is 23.2 Å². The van der Waals surface area contributed by atoms with Crippen molar-refractivity contribution in [3.8, 4) is 5.88 Å². The molecule has 2 heterocycles. The number of nitrogens with zero attached hydrogens (tertiary/aromatic N) is 3. The molecule has 7 nitrogen and oxygen atoms in total. The Morgan fingerprint density at radius 3 is 2.82 bits per heavy atom. The first-order valence-electron chi connectivity index (χ1n) is 5.94. The molecule has 2 aromatic heterocycles. The SMILES string of the molecule is Cn1cc(COC(=O)COc2nc(F)c(Cl)c(N)c2Cl)cn1. The first-order valence-corrected chi connectivity index (χ1v) is 6.70. The lowest BCUT2D eigenvalue weighted by Gasteiger charge is -2.09. The summed E-state index contributed by atoms with van der Waals surface area (Å²) in [6, 6.07) is 0. The van der Waals surface area contributed by atoms with Gasteiger partial charge in [-0.05, 0) is 0 Å². The van der Waals surface area contributed by atoms with Crippen molar-refractivity contribution in [1.29, 1.82) is 0 Å². The van der Waals surface area contributed by atoms with Gasteiger partial charge < -0.3 is 15.2 Å². The number of aromatic nitrogens is 3. The molecule has 22 heavy (non-hydrogen) atoms. The molecule has 0 unspecified atom stereocenters. The van der Waals surface area contributed by atoms with Crippen LogP contribution in [0.5, 0.6) is 5.88 Å². The van der Waals surface area contributed by atoms with Gasteiger partial charge in [-0.2, -0.15) is 14.5 Å². The number of halogens is 3. The fraction of sp³-hybridized carbons (Fsp3) is 0.250. The molecule has 2 rings (SSSR count). The minimum atomic E-state index is -1.04. The highest BCUT2D eigenvalue weighted by Gasteiger charge is 2.17. The number of rotatable bonds is 5. The second-order valence-electron chi connectivity index (χ2n) is 4.22. The molecular formula is C12H11Cl2FN4O3. The highest BCUT2D eigenvalue weighted by molar-refractivity contribution is 6.39. The van der Waals surface area contributed by atoms with Gasteiger partial charge in [0.15, 0.2) is 6.61 Å². The number of pyridine rings is 1. The van der Waals surface area contributed by atoms with Gasteiger partial charge in [0.2, 0.25) is 11.8 Å². The molecule has 0 aliphatic rings. The van der Waals surface area contributed by atoms with E-state index in [4.69, 9.17) is 38.4 Å². The lowest BCUT2D eigenvalue weighted by molar-refractivity contribution is -0.147. The minimum Gasteiger partial charge on any atom is -0.464 e. The van der Waals surface area contributed by atoms with E-state index in [2.05, 4.69) is 10.1 Å². The molecule has 10 heteroatoms. The predicted octanol–water partition coefficient (Wildman–Crippen LogP) is 1.97. The van der Waals surface area contributed by atoms with Gasteiger partial charge in [0.05, 0.1) is 11.9 Å². The fourth-order valence-corrected chi connectivity index (χ4v) is 1.86. The van der Waals surface area contributed by atoms with Crippen molar-refractivity contribution in [1.82, 2.24) is 14.8 Å². The first kappa shape index (κ1) is 16.3. The Bertz CT molecular complexity index is 708. The van der Waals surface area contributed by atoms with Crippen molar-refractivity contribution in [3.05, 3.63) is 34.0 Å². The smallest absolute Gasteiger partial charge is 0.344 e. The summed E-state index contributed by atoms with van der Waals surface area (Å²) in [6.07, 6.45) is 3.25. The average molecular weight is 349 g/mol. The summed E-state index contributed by atoms with van der Waals surface area (Å²) in [5, 5.41) is 3.35. The molecule has 2 aromatic rings. The monoisotopic (exact) mass is 348 g/mol. The average Bonchev–Trinajstić information content (AvgIpc) is 2.91. The summed E-state index contributed by atoms with van der Waals surface area (Å²) < 4.78 is 24.8. The van der Waals surface area contributed by atoms with Crippen LogP contribution in [-0.2, 0) is 23.2 Å². The predicted molar refractivity (Wildman–Crippen MR) is 77.1 cm³/mol. The fourth-order valence-electron chi connectivity index (χ4n) is 1.48. The maximum Gasteiger partial charge on any atom is 0.344 e. The number of ether oxygens (including phenoxy) is 2. The molecule has 0 amide bonds. The van der Waals surface area contributed by atoms with Crippen molar-refractivity contribution in [2.24, 2.45) is 7.05 Å². The molecule has 0 fully saturated rings. The molecule has 0 aromatic carbocycles. The number of nitrogens with two attached hydrogens (primary N) is 1. The van der Waals surface area contributed by atoms with Crippen LogP contribution in [0.4, 0.5) is 10.1 Å². The van der Waals surface area contributed by atoms with E-state index in [1.54, 1.807) is 24.1 Å². The zero-order valence-corrected chi connectivity index (χ0v) is 12.9. The lowest BCUT2D eigenvalue weighted by Crippen LogP contribution is -2.16. The van der Waals surface area contributed by atoms with Crippen LogP contribution in [0.2, 0.25) is 10.0 Å². The molecule has 0 saturated carbocycles. The lowest BCUT2D eigenvalue weighted by atomic mass is 10.4. The van der Waals surface area contributed by atoms with Crippen molar-refractivity contribution >= 4 is 34.9 Å². The quantitative estimate of drug-likeness (QED) is 0.655. The topological polar surface area (TPSA) is 92.3 Å². The zero-order chi connectivity index (χ0) is 16.3. The molecule has 118 valence electrons. The van der Waals surface area contributed by atoms with Gasteiger partial charge in [-0.15, -0.1) is 0 Å². The number of esters is 1. The van der Waals surface area contributed by atoms with Crippen LogP contribution in [-0.4, -0.2) is 27.3 Å². The molecule has 2 N–H and O–H groups in total. The molecule has 0 aliphatic heterocycles. The van der Waals surface area contributed by atoms with Crippen molar-refractivity contribution in [3.63, 3.8) is 0 Å². The Morgan fingerprint density at radius 2 is 2.18 bits per heavy atom. The van der Waals surface area contributed by atoms with E-state index >= 15 is 0 Å². The van der Waals surface area contributed by atoms with E-state index in [9.17, 15) is 9.18 Å². The second kappa shape index (κ2) is 6.80. The van der Waals surface area contributed by atoms with Crippen molar-refractivity contribution in [2.45, 2.75) is 6.61 Å². The molecule has 0 aliphatic carbocycles. The maximum absolute atomic E-state index is 13.3. The molecule has 0 spiro atoms. The largest absolute Gasteiger partial charge is 0.464 e. The van der Waals surface area contributed by atoms with Crippen LogP contribution in [0.3, 0.4) is 0 Å². The first-order chi connectivity index (χ1) is 10.4. The molecule has 0 saturated heterocycles. The van der Waals surface area contributed by atoms with Crippen LogP contribution in [0.1, 0.15) is 5.56 Å². The normalized spacial score (nSPS) is 10.5. The molecule has 0 atom stereocenters. The summed E-state index contributed by atoms with van der Waals surface area (Å²) in [5.74, 6) is -2.06. The third-order valence-corrected chi connectivity index (χ3v) is 3.25. The second-order valence-corrected chi connectivity index (χ2v) is 4.98. The summed E-state index contributed by atoms with van der Waals surface area (Å²) >= 11 is 11.3. The number of hydrogen-bond acceptors (Lipinski definition) is 6. The van der Waals surface area contributed by atoms with Crippen LogP contribution < -0.4 is 10.5 Å². The maximum atomic E-state index is 13.3. The Morgan fingerprint density at radius 1 is 1.45 bits per heavy atom.